The summed E-state index contributed by atoms with van der Waals surface area (Å²) in [6.07, 6.45) is 8.25. The Morgan fingerprint density at radius 3 is 2.81 bits per heavy atom. The second kappa shape index (κ2) is 6.34. The van der Waals surface area contributed by atoms with E-state index >= 15 is 0 Å². The van der Waals surface area contributed by atoms with E-state index in [2.05, 4.69) is 17.2 Å². The lowest BCUT2D eigenvalue weighted by Gasteiger charge is -2.26. The van der Waals surface area contributed by atoms with E-state index in [0.717, 1.165) is 40.5 Å². The van der Waals surface area contributed by atoms with Crippen LogP contribution in [0.2, 0.25) is 0 Å². The molecule has 0 aromatic carbocycles. The minimum atomic E-state index is -0.734. The highest BCUT2D eigenvalue weighted by atomic mass is 32.1. The van der Waals surface area contributed by atoms with Gasteiger partial charge in [-0.15, -0.1) is 11.3 Å². The summed E-state index contributed by atoms with van der Waals surface area (Å²) in [5.41, 5.74) is 0.807. The Morgan fingerprint density at radius 1 is 1.33 bits per heavy atom. The monoisotopic (exact) mass is 308 g/mol. The number of aliphatic carboxylic acids is 1. The van der Waals surface area contributed by atoms with E-state index in [-0.39, 0.29) is 5.92 Å². The summed E-state index contributed by atoms with van der Waals surface area (Å²) in [4.78, 5) is 16.8. The van der Waals surface area contributed by atoms with Crippen LogP contribution in [0.5, 0.6) is 0 Å². The predicted molar refractivity (Wildman–Crippen MR) is 85.0 cm³/mol. The zero-order valence-electron chi connectivity index (χ0n) is 12.6. The Kier molecular flexibility index (Phi) is 4.48. The lowest BCUT2D eigenvalue weighted by molar-refractivity contribution is -0.138. The minimum absolute atomic E-state index is 0.383. The maximum absolute atomic E-state index is 11.2. The van der Waals surface area contributed by atoms with Crippen LogP contribution in [0.1, 0.15) is 61.9 Å². The van der Waals surface area contributed by atoms with Gasteiger partial charge in [-0.2, -0.15) is 0 Å². The molecule has 1 aromatic heterocycles. The van der Waals surface area contributed by atoms with Gasteiger partial charge in [0.05, 0.1) is 5.69 Å². The third-order valence-corrected chi connectivity index (χ3v) is 6.07. The molecule has 1 unspecified atom stereocenters. The van der Waals surface area contributed by atoms with Crippen LogP contribution >= 0.6 is 11.3 Å². The molecule has 2 aliphatic rings. The molecular formula is C16H24N2O2S. The molecule has 1 atom stereocenters. The van der Waals surface area contributed by atoms with Gasteiger partial charge in [-0.05, 0) is 31.1 Å². The molecule has 2 aliphatic carbocycles. The number of aryl methyl sites for hydroxylation is 1. The summed E-state index contributed by atoms with van der Waals surface area (Å²) < 4.78 is 0. The molecule has 116 valence electrons. The van der Waals surface area contributed by atoms with Crippen molar-refractivity contribution in [2.45, 2.75) is 57.8 Å². The molecule has 1 saturated carbocycles. The second-order valence-corrected chi connectivity index (χ2v) is 7.68. The number of anilines is 1. The van der Waals surface area contributed by atoms with E-state index in [9.17, 15) is 9.90 Å². The molecule has 0 spiro atoms. The van der Waals surface area contributed by atoms with Gasteiger partial charge in [0.1, 0.15) is 5.92 Å². The lowest BCUT2D eigenvalue weighted by atomic mass is 9.81. The van der Waals surface area contributed by atoms with E-state index in [1.807, 2.05) is 0 Å². The number of carboxylic acid groups (broad SMARTS) is 1. The normalized spacial score (nSPS) is 28.3. The fourth-order valence-electron chi connectivity index (χ4n) is 3.54. The molecule has 0 bridgehead atoms. The molecule has 1 fully saturated rings. The Hall–Kier alpha value is -1.10. The molecule has 0 radical (unpaired) electrons. The van der Waals surface area contributed by atoms with E-state index in [4.69, 9.17) is 0 Å². The average Bonchev–Trinajstić information content (AvgIpc) is 3.00. The largest absolute Gasteiger partial charge is 0.481 e. The molecule has 0 aliphatic heterocycles. The molecule has 4 nitrogen and oxygen atoms in total. The van der Waals surface area contributed by atoms with Crippen LogP contribution in [0, 0.1) is 11.8 Å². The SMILES string of the molecule is CC1CCC(CCNc2nc3c(s2)CCC3C(=O)O)CC1. The number of carboxylic acids is 1. The lowest BCUT2D eigenvalue weighted by Crippen LogP contribution is -2.16. The minimum Gasteiger partial charge on any atom is -0.481 e. The van der Waals surface area contributed by atoms with Gasteiger partial charge in [0, 0.05) is 11.4 Å². The summed E-state index contributed by atoms with van der Waals surface area (Å²) in [5.74, 6) is 0.643. The van der Waals surface area contributed by atoms with Crippen LogP contribution in [0.15, 0.2) is 0 Å². The number of carbonyl (C=O) groups is 1. The molecule has 5 heteroatoms. The number of hydrogen-bond donors (Lipinski definition) is 2. The third kappa shape index (κ3) is 3.39. The summed E-state index contributed by atoms with van der Waals surface area (Å²) >= 11 is 1.64. The van der Waals surface area contributed by atoms with E-state index in [0.29, 0.717) is 6.42 Å². The van der Waals surface area contributed by atoms with Crippen molar-refractivity contribution < 1.29 is 9.90 Å². The van der Waals surface area contributed by atoms with Gasteiger partial charge in [-0.3, -0.25) is 4.79 Å². The molecule has 1 heterocycles. The highest BCUT2D eigenvalue weighted by molar-refractivity contribution is 7.15. The summed E-state index contributed by atoms with van der Waals surface area (Å²) in [6, 6.07) is 0. The average molecular weight is 308 g/mol. The highest BCUT2D eigenvalue weighted by Gasteiger charge is 2.32. The van der Waals surface area contributed by atoms with Gasteiger partial charge in [-0.25, -0.2) is 4.98 Å². The smallest absolute Gasteiger partial charge is 0.312 e. The first-order valence-corrected chi connectivity index (χ1v) is 8.91. The highest BCUT2D eigenvalue weighted by Crippen LogP contribution is 2.38. The van der Waals surface area contributed by atoms with Gasteiger partial charge in [0.25, 0.3) is 0 Å². The maximum Gasteiger partial charge on any atom is 0.312 e. The number of nitrogens with one attached hydrogen (secondary N) is 1. The van der Waals surface area contributed by atoms with E-state index in [1.165, 1.54) is 32.1 Å². The molecule has 21 heavy (non-hydrogen) atoms. The van der Waals surface area contributed by atoms with Gasteiger partial charge in [0.15, 0.2) is 5.13 Å². The molecule has 1 aromatic rings. The van der Waals surface area contributed by atoms with Crippen LogP contribution in [-0.2, 0) is 11.2 Å². The summed E-state index contributed by atoms with van der Waals surface area (Å²) in [5, 5.41) is 13.5. The Balaban J connectivity index is 1.48. The van der Waals surface area contributed by atoms with Gasteiger partial charge in [-0.1, -0.05) is 32.6 Å². The van der Waals surface area contributed by atoms with Gasteiger partial charge < -0.3 is 10.4 Å². The molecule has 2 N–H and O–H groups in total. The Bertz CT molecular complexity index is 506. The molecule has 3 rings (SSSR count). The first kappa shape index (κ1) is 14.8. The maximum atomic E-state index is 11.2. The number of hydrogen-bond acceptors (Lipinski definition) is 4. The van der Waals surface area contributed by atoms with Crippen molar-refractivity contribution in [1.82, 2.24) is 4.98 Å². The van der Waals surface area contributed by atoms with E-state index in [1.54, 1.807) is 11.3 Å². The second-order valence-electron chi connectivity index (χ2n) is 6.60. The van der Waals surface area contributed by atoms with Crippen molar-refractivity contribution in [3.63, 3.8) is 0 Å². The first-order valence-electron chi connectivity index (χ1n) is 8.09. The van der Waals surface area contributed by atoms with Gasteiger partial charge >= 0.3 is 5.97 Å². The van der Waals surface area contributed by atoms with Crippen molar-refractivity contribution in [2.75, 3.05) is 11.9 Å². The summed E-state index contributed by atoms with van der Waals surface area (Å²) in [7, 11) is 0. The summed E-state index contributed by atoms with van der Waals surface area (Å²) in [6.45, 7) is 3.31. The van der Waals surface area contributed by atoms with Crippen molar-refractivity contribution in [3.05, 3.63) is 10.6 Å². The van der Waals surface area contributed by atoms with Crippen LogP contribution in [0.25, 0.3) is 0 Å². The van der Waals surface area contributed by atoms with E-state index < -0.39 is 5.97 Å². The predicted octanol–water partition coefficient (Wildman–Crippen LogP) is 3.89. The van der Waals surface area contributed by atoms with Crippen LogP contribution in [0.4, 0.5) is 5.13 Å². The number of thiazole rings is 1. The van der Waals surface area contributed by atoms with Crippen molar-refractivity contribution in [2.24, 2.45) is 11.8 Å². The number of nitrogens with zero attached hydrogens (tertiary/aromatic N) is 1. The van der Waals surface area contributed by atoms with Crippen molar-refractivity contribution in [1.29, 1.82) is 0 Å². The van der Waals surface area contributed by atoms with Crippen molar-refractivity contribution in [3.8, 4) is 0 Å². The van der Waals surface area contributed by atoms with Crippen LogP contribution < -0.4 is 5.32 Å². The number of rotatable bonds is 5. The Labute approximate surface area is 130 Å². The number of aromatic nitrogens is 1. The zero-order chi connectivity index (χ0) is 14.8. The van der Waals surface area contributed by atoms with Crippen LogP contribution in [0.3, 0.4) is 0 Å². The molecule has 0 amide bonds. The standard InChI is InChI=1S/C16H24N2O2S/c1-10-2-4-11(5-3-10)8-9-17-16-18-14-12(15(19)20)6-7-13(14)21-16/h10-12H,2-9H2,1H3,(H,17,18)(H,19,20). The Morgan fingerprint density at radius 2 is 2.10 bits per heavy atom. The zero-order valence-corrected chi connectivity index (χ0v) is 13.4. The third-order valence-electron chi connectivity index (χ3n) is 4.98. The molecular weight excluding hydrogens is 284 g/mol. The first-order chi connectivity index (χ1) is 10.1. The quantitative estimate of drug-likeness (QED) is 0.866. The van der Waals surface area contributed by atoms with Crippen LogP contribution in [-0.4, -0.2) is 22.6 Å². The fraction of sp³-hybridized carbons (Fsp3) is 0.750. The fourth-order valence-corrected chi connectivity index (χ4v) is 4.61. The van der Waals surface area contributed by atoms with Crippen molar-refractivity contribution >= 4 is 22.4 Å². The molecule has 0 saturated heterocycles. The number of fused-ring (bicyclic) bond motifs is 1. The van der Waals surface area contributed by atoms with Gasteiger partial charge in [0.2, 0.25) is 0 Å². The topological polar surface area (TPSA) is 62.2 Å².